The molecular formula is C29H50N2O5. The first-order valence-electron chi connectivity index (χ1n) is 13.4. The number of rotatable bonds is 19. The molecule has 0 spiro atoms. The summed E-state index contributed by atoms with van der Waals surface area (Å²) in [5, 5.41) is 13.0. The molecule has 0 fully saturated rings. The van der Waals surface area contributed by atoms with Gasteiger partial charge in [0, 0.05) is 28.8 Å². The molecule has 1 unspecified atom stereocenters. The van der Waals surface area contributed by atoms with Crippen molar-refractivity contribution in [1.82, 2.24) is 10.2 Å². The van der Waals surface area contributed by atoms with E-state index in [-0.39, 0.29) is 29.1 Å². The van der Waals surface area contributed by atoms with Crippen molar-refractivity contribution >= 4 is 17.8 Å². The molecule has 0 saturated carbocycles. The highest BCUT2D eigenvalue weighted by Crippen LogP contribution is 2.15. The molecule has 0 heterocycles. The van der Waals surface area contributed by atoms with Gasteiger partial charge in [0.05, 0.1) is 6.54 Å². The van der Waals surface area contributed by atoms with Gasteiger partial charge in [-0.2, -0.15) is 0 Å². The molecule has 1 amide bonds. The Balaban J connectivity index is 5.31. The Hall–Kier alpha value is -2.41. The van der Waals surface area contributed by atoms with Crippen LogP contribution in [-0.2, 0) is 19.1 Å². The number of hydrogen-bond donors (Lipinski definition) is 2. The van der Waals surface area contributed by atoms with Crippen molar-refractivity contribution < 1.29 is 24.2 Å². The molecule has 0 aliphatic heterocycles. The summed E-state index contributed by atoms with van der Waals surface area (Å²) in [6, 6.07) is 0. The zero-order chi connectivity index (χ0) is 27.7. The lowest BCUT2D eigenvalue weighted by Gasteiger charge is -2.26. The van der Waals surface area contributed by atoms with E-state index in [0.29, 0.717) is 37.9 Å². The maximum Gasteiger partial charge on any atom is 0.333 e. The van der Waals surface area contributed by atoms with Crippen LogP contribution in [0.25, 0.3) is 0 Å². The Morgan fingerprint density at radius 2 is 1.64 bits per heavy atom. The van der Waals surface area contributed by atoms with Crippen LogP contribution in [0.2, 0.25) is 0 Å². The van der Waals surface area contributed by atoms with Crippen molar-refractivity contribution in [3.8, 4) is 0 Å². The smallest absolute Gasteiger partial charge is 0.333 e. The minimum absolute atomic E-state index is 0.0483. The van der Waals surface area contributed by atoms with Crippen LogP contribution in [0.5, 0.6) is 0 Å². The van der Waals surface area contributed by atoms with Gasteiger partial charge in [-0.15, -0.1) is 0 Å². The quantitative estimate of drug-likeness (QED) is 0.0993. The lowest BCUT2D eigenvalue weighted by Crippen LogP contribution is -2.39. The van der Waals surface area contributed by atoms with Crippen molar-refractivity contribution in [2.24, 2.45) is 0 Å². The van der Waals surface area contributed by atoms with Gasteiger partial charge in [0.2, 0.25) is 0 Å². The molecule has 7 nitrogen and oxygen atoms in total. The number of unbranched alkanes of at least 4 members (excludes halogenated alkanes) is 5. The van der Waals surface area contributed by atoms with Gasteiger partial charge in [-0.25, -0.2) is 9.59 Å². The maximum absolute atomic E-state index is 13.3. The lowest BCUT2D eigenvalue weighted by atomic mass is 10.0. The summed E-state index contributed by atoms with van der Waals surface area (Å²) >= 11 is 0. The minimum atomic E-state index is -1.05. The molecule has 2 N–H and O–H groups in total. The van der Waals surface area contributed by atoms with E-state index in [4.69, 9.17) is 4.74 Å². The first-order chi connectivity index (χ1) is 16.8. The summed E-state index contributed by atoms with van der Waals surface area (Å²) in [4.78, 5) is 38.8. The second kappa shape index (κ2) is 17.9. The fourth-order valence-corrected chi connectivity index (χ4v) is 3.57. The molecule has 0 aromatic heterocycles. The number of ether oxygens (including phenoxy) is 1. The molecular weight excluding hydrogens is 456 g/mol. The van der Waals surface area contributed by atoms with Crippen LogP contribution >= 0.6 is 0 Å². The van der Waals surface area contributed by atoms with E-state index >= 15 is 0 Å². The molecule has 0 aliphatic rings. The van der Waals surface area contributed by atoms with Crippen LogP contribution < -0.4 is 5.32 Å². The largest absolute Gasteiger partial charge is 0.478 e. The summed E-state index contributed by atoms with van der Waals surface area (Å²) in [7, 11) is 0. The Bertz CT molecular complexity index is 764. The molecule has 206 valence electrons. The zero-order valence-corrected chi connectivity index (χ0v) is 23.6. The second-order valence-corrected chi connectivity index (χ2v) is 10.5. The third-order valence-electron chi connectivity index (χ3n) is 5.75. The third-order valence-corrected chi connectivity index (χ3v) is 5.75. The average Bonchev–Trinajstić information content (AvgIpc) is 2.80. The second-order valence-electron chi connectivity index (χ2n) is 10.5. The van der Waals surface area contributed by atoms with Gasteiger partial charge in [-0.3, -0.25) is 4.79 Å². The lowest BCUT2D eigenvalue weighted by molar-refractivity contribution is -0.146. The molecule has 0 saturated heterocycles. The van der Waals surface area contributed by atoms with E-state index in [9.17, 15) is 19.5 Å². The van der Waals surface area contributed by atoms with Crippen LogP contribution in [0.4, 0.5) is 0 Å². The summed E-state index contributed by atoms with van der Waals surface area (Å²) in [5.41, 5.74) is 0.615. The van der Waals surface area contributed by atoms with Gasteiger partial charge in [0.25, 0.3) is 5.91 Å². The van der Waals surface area contributed by atoms with Gasteiger partial charge >= 0.3 is 11.9 Å². The number of carboxylic acid groups (broad SMARTS) is 1. The third kappa shape index (κ3) is 15.6. The van der Waals surface area contributed by atoms with E-state index in [1.54, 1.807) is 11.8 Å². The topological polar surface area (TPSA) is 95.9 Å². The summed E-state index contributed by atoms with van der Waals surface area (Å²) in [6.07, 6.45) is 8.76. The average molecular weight is 507 g/mol. The van der Waals surface area contributed by atoms with Crippen LogP contribution in [-0.4, -0.2) is 59.1 Å². The van der Waals surface area contributed by atoms with E-state index in [2.05, 4.69) is 46.2 Å². The number of carboxylic acids is 1. The minimum Gasteiger partial charge on any atom is -0.478 e. The first-order valence-corrected chi connectivity index (χ1v) is 13.4. The van der Waals surface area contributed by atoms with Crippen molar-refractivity contribution in [3.05, 3.63) is 36.0 Å². The van der Waals surface area contributed by atoms with Crippen molar-refractivity contribution in [2.45, 2.75) is 111 Å². The number of carbonyl (C=O) groups is 3. The fourth-order valence-electron chi connectivity index (χ4n) is 3.57. The number of carbonyl (C=O) groups excluding carboxylic acids is 2. The van der Waals surface area contributed by atoms with Gasteiger partial charge in [-0.1, -0.05) is 59.1 Å². The molecule has 0 aromatic carbocycles. The number of hydrogen-bond acceptors (Lipinski definition) is 5. The molecule has 0 rings (SSSR count). The Kier molecular flexibility index (Phi) is 16.7. The first kappa shape index (κ1) is 33.6. The molecule has 0 aliphatic carbocycles. The van der Waals surface area contributed by atoms with Gasteiger partial charge in [0.1, 0.15) is 6.10 Å². The number of nitrogens with one attached hydrogen (secondary N) is 1. The van der Waals surface area contributed by atoms with Gasteiger partial charge in [-0.05, 0) is 66.0 Å². The molecule has 0 bridgehead atoms. The Morgan fingerprint density at radius 1 is 1.03 bits per heavy atom. The van der Waals surface area contributed by atoms with Crippen molar-refractivity contribution in [3.63, 3.8) is 0 Å². The number of esters is 1. The van der Waals surface area contributed by atoms with Crippen LogP contribution in [0, 0.1) is 0 Å². The predicted octanol–water partition coefficient (Wildman–Crippen LogP) is 5.81. The number of nitrogens with zero attached hydrogens (tertiary/aromatic N) is 1. The Labute approximate surface area is 219 Å². The summed E-state index contributed by atoms with van der Waals surface area (Å²) in [5.74, 6) is -1.86. The molecule has 1 atom stereocenters. The fraction of sp³-hybridized carbons (Fsp3) is 0.690. The Morgan fingerprint density at radius 3 is 2.19 bits per heavy atom. The van der Waals surface area contributed by atoms with Gasteiger partial charge < -0.3 is 20.1 Å². The number of amides is 1. The molecule has 0 radical (unpaired) electrons. The van der Waals surface area contributed by atoms with E-state index in [0.717, 1.165) is 19.3 Å². The van der Waals surface area contributed by atoms with Crippen LogP contribution in [0.3, 0.4) is 0 Å². The van der Waals surface area contributed by atoms with Gasteiger partial charge in [0.15, 0.2) is 0 Å². The monoisotopic (exact) mass is 506 g/mol. The normalized spacial score (nSPS) is 12.7. The molecule has 7 heteroatoms. The SMILES string of the molecule is C=C(C=C(CCCNC(C)(C)C)C(=O)O)C(=O)N(CCCCCCCC)CC(C)OC(=O)C(=C)CC. The molecule has 0 aromatic rings. The van der Waals surface area contributed by atoms with Crippen molar-refractivity contribution in [2.75, 3.05) is 19.6 Å². The predicted molar refractivity (Wildman–Crippen MR) is 147 cm³/mol. The van der Waals surface area contributed by atoms with E-state index in [1.807, 2.05) is 6.92 Å². The maximum atomic E-state index is 13.3. The highest BCUT2D eigenvalue weighted by molar-refractivity contribution is 5.98. The summed E-state index contributed by atoms with van der Waals surface area (Å²) < 4.78 is 5.46. The van der Waals surface area contributed by atoms with E-state index < -0.39 is 18.0 Å². The molecule has 36 heavy (non-hydrogen) atoms. The highest BCUT2D eigenvalue weighted by atomic mass is 16.5. The summed E-state index contributed by atoms with van der Waals surface area (Å²) in [6.45, 7) is 20.9. The van der Waals surface area contributed by atoms with Crippen LogP contribution in [0.1, 0.15) is 99.3 Å². The van der Waals surface area contributed by atoms with Crippen molar-refractivity contribution in [1.29, 1.82) is 0 Å². The zero-order valence-electron chi connectivity index (χ0n) is 23.6. The standard InChI is InChI=1S/C29H50N2O5/c1-9-11-12-13-14-15-19-31(21-24(5)36-28(35)22(3)10-2)26(32)23(4)20-25(27(33)34)17-16-18-30-29(6,7)8/h20,24,30H,3-4,9-19,21H2,1-2,5-8H3,(H,33,34). The highest BCUT2D eigenvalue weighted by Gasteiger charge is 2.22. The van der Waals surface area contributed by atoms with E-state index in [1.165, 1.54) is 25.3 Å². The van der Waals surface area contributed by atoms with Crippen LogP contribution in [0.15, 0.2) is 36.0 Å². The number of aliphatic carboxylic acids is 1.